The molecule has 0 spiro atoms. The van der Waals surface area contributed by atoms with Crippen LogP contribution in [0.1, 0.15) is 30.9 Å². The number of benzene rings is 3. The van der Waals surface area contributed by atoms with E-state index in [1.807, 2.05) is 24.3 Å². The van der Waals surface area contributed by atoms with Gasteiger partial charge in [-0.15, -0.1) is 0 Å². The maximum Gasteiger partial charge on any atom is 0.416 e. The number of carbonyl (C=O) groups is 1. The van der Waals surface area contributed by atoms with Crippen LogP contribution in [0.3, 0.4) is 0 Å². The number of hydrogen-bond acceptors (Lipinski definition) is 3. The van der Waals surface area contributed by atoms with Crippen LogP contribution in [0.25, 0.3) is 10.8 Å². The summed E-state index contributed by atoms with van der Waals surface area (Å²) in [5.41, 5.74) is -1.68. The van der Waals surface area contributed by atoms with E-state index in [9.17, 15) is 18.0 Å². The second-order valence-electron chi connectivity index (χ2n) is 8.36. The Balaban J connectivity index is 1.48. The largest absolute Gasteiger partial charge is 0.481 e. The van der Waals surface area contributed by atoms with Crippen LogP contribution < -0.4 is 4.74 Å². The Bertz CT molecular complexity index is 1180. The van der Waals surface area contributed by atoms with Crippen molar-refractivity contribution in [1.29, 1.82) is 0 Å². The van der Waals surface area contributed by atoms with E-state index < -0.39 is 23.3 Å². The second-order valence-corrected chi connectivity index (χ2v) is 10.6. The molecule has 4 rings (SSSR count). The molecule has 3 nitrogen and oxygen atoms in total. The van der Waals surface area contributed by atoms with Crippen molar-refractivity contribution >= 4 is 27.6 Å². The Hall–Kier alpha value is -2.93. The van der Waals surface area contributed by atoms with Crippen LogP contribution in [0.15, 0.2) is 78.2 Å². The number of hydrogen-bond donors (Lipinski definition) is 0. The molecular weight excluding hydrogens is 461 g/mol. The van der Waals surface area contributed by atoms with Gasteiger partial charge in [0, 0.05) is 21.7 Å². The van der Waals surface area contributed by atoms with Crippen molar-refractivity contribution in [1.82, 2.24) is 0 Å². The molecule has 1 aliphatic rings. The molecule has 178 valence electrons. The standard InChI is InChI=1S/C27H26F3O3S/c1-3-26(2,19-10-12-20(13-11-19)27(28,29)30)33-25(31)18-32-23-14-15-24(34-16-6-7-17-34)22-9-5-4-8-21(22)23/h3-5,8-15H,1,6-7,16-18H2,2H3/q+1. The van der Waals surface area contributed by atoms with Gasteiger partial charge in [-0.25, -0.2) is 4.79 Å². The number of carbonyl (C=O) groups excluding carboxylic acids is 1. The van der Waals surface area contributed by atoms with Crippen molar-refractivity contribution in [2.75, 3.05) is 18.1 Å². The Labute approximate surface area is 199 Å². The number of esters is 1. The zero-order valence-corrected chi connectivity index (χ0v) is 19.7. The summed E-state index contributed by atoms with van der Waals surface area (Å²) >= 11 is 0. The van der Waals surface area contributed by atoms with Gasteiger partial charge in [0.25, 0.3) is 0 Å². The molecule has 1 heterocycles. The highest BCUT2D eigenvalue weighted by molar-refractivity contribution is 7.97. The zero-order chi connectivity index (χ0) is 24.3. The summed E-state index contributed by atoms with van der Waals surface area (Å²) in [6.07, 6.45) is -0.546. The quantitative estimate of drug-likeness (QED) is 0.213. The van der Waals surface area contributed by atoms with Gasteiger partial charge in [-0.2, -0.15) is 13.2 Å². The lowest BCUT2D eigenvalue weighted by atomic mass is 9.95. The molecule has 0 N–H and O–H groups in total. The van der Waals surface area contributed by atoms with Gasteiger partial charge in [-0.1, -0.05) is 36.9 Å². The number of fused-ring (bicyclic) bond motifs is 1. The molecule has 3 aromatic carbocycles. The van der Waals surface area contributed by atoms with E-state index in [-0.39, 0.29) is 17.5 Å². The molecule has 0 amide bonds. The zero-order valence-electron chi connectivity index (χ0n) is 18.9. The van der Waals surface area contributed by atoms with E-state index in [2.05, 4.69) is 18.7 Å². The fourth-order valence-corrected chi connectivity index (χ4v) is 6.61. The lowest BCUT2D eigenvalue weighted by molar-refractivity contribution is -0.157. The summed E-state index contributed by atoms with van der Waals surface area (Å²) in [5.74, 6) is 2.36. The molecule has 3 aromatic rings. The van der Waals surface area contributed by atoms with Gasteiger partial charge in [0.05, 0.1) is 5.56 Å². The topological polar surface area (TPSA) is 35.5 Å². The first-order chi connectivity index (χ1) is 16.2. The molecule has 7 heteroatoms. The summed E-state index contributed by atoms with van der Waals surface area (Å²) in [5, 5.41) is 2.08. The van der Waals surface area contributed by atoms with Gasteiger partial charge >= 0.3 is 12.1 Å². The highest BCUT2D eigenvalue weighted by atomic mass is 32.2. The third-order valence-corrected chi connectivity index (χ3v) is 8.57. The van der Waals surface area contributed by atoms with Gasteiger partial charge in [0.2, 0.25) is 0 Å². The summed E-state index contributed by atoms with van der Waals surface area (Å²) < 4.78 is 50.0. The van der Waals surface area contributed by atoms with Crippen molar-refractivity contribution in [2.24, 2.45) is 0 Å². The lowest BCUT2D eigenvalue weighted by Gasteiger charge is -2.27. The molecule has 1 fully saturated rings. The first-order valence-corrected chi connectivity index (χ1v) is 12.6. The maximum atomic E-state index is 12.9. The van der Waals surface area contributed by atoms with Crippen molar-refractivity contribution < 1.29 is 27.4 Å². The van der Waals surface area contributed by atoms with Gasteiger partial charge in [0.1, 0.15) is 17.3 Å². The molecule has 0 aromatic heterocycles. The summed E-state index contributed by atoms with van der Waals surface area (Å²) in [6, 6.07) is 16.5. The minimum atomic E-state index is -4.44. The molecule has 0 saturated carbocycles. The van der Waals surface area contributed by atoms with Gasteiger partial charge < -0.3 is 9.47 Å². The predicted octanol–water partition coefficient (Wildman–Crippen LogP) is 6.65. The van der Waals surface area contributed by atoms with E-state index in [0.717, 1.165) is 22.9 Å². The first-order valence-electron chi connectivity index (χ1n) is 11.1. The fourth-order valence-electron chi connectivity index (χ4n) is 4.11. The Morgan fingerprint density at radius 1 is 0.971 bits per heavy atom. The number of alkyl halides is 3. The minimum Gasteiger partial charge on any atom is -0.481 e. The van der Waals surface area contributed by atoms with Crippen molar-refractivity contribution in [3.8, 4) is 5.75 Å². The summed E-state index contributed by atoms with van der Waals surface area (Å²) in [4.78, 5) is 14.0. The molecule has 1 aliphatic heterocycles. The van der Waals surface area contributed by atoms with Crippen molar-refractivity contribution in [3.05, 3.63) is 84.4 Å². The van der Waals surface area contributed by atoms with Crippen LogP contribution in [-0.2, 0) is 32.2 Å². The SMILES string of the molecule is C=CC(C)(OC(=O)COc1ccc([S+]2CCCC2)c2ccccc12)c1ccc(C(F)(F)F)cc1. The molecule has 0 aliphatic carbocycles. The molecule has 1 atom stereocenters. The highest BCUT2D eigenvalue weighted by Crippen LogP contribution is 2.35. The van der Waals surface area contributed by atoms with Gasteiger partial charge in [0.15, 0.2) is 17.1 Å². The van der Waals surface area contributed by atoms with E-state index in [1.54, 1.807) is 6.92 Å². The van der Waals surface area contributed by atoms with Gasteiger partial charge in [-0.05, 0) is 61.7 Å². The van der Waals surface area contributed by atoms with E-state index in [1.165, 1.54) is 47.5 Å². The normalized spacial score (nSPS) is 16.2. The maximum absolute atomic E-state index is 12.9. The molecule has 1 saturated heterocycles. The average molecular weight is 488 g/mol. The second kappa shape index (κ2) is 9.74. The van der Waals surface area contributed by atoms with Crippen LogP contribution in [0, 0.1) is 0 Å². The van der Waals surface area contributed by atoms with Crippen molar-refractivity contribution in [2.45, 2.75) is 36.4 Å². The number of halogens is 3. The third kappa shape index (κ3) is 5.09. The average Bonchev–Trinajstić information content (AvgIpc) is 3.36. The Morgan fingerprint density at radius 2 is 1.59 bits per heavy atom. The van der Waals surface area contributed by atoms with Crippen molar-refractivity contribution in [3.63, 3.8) is 0 Å². The predicted molar refractivity (Wildman–Crippen MR) is 129 cm³/mol. The van der Waals surface area contributed by atoms with E-state index in [4.69, 9.17) is 9.47 Å². The molecule has 34 heavy (non-hydrogen) atoms. The molecular formula is C27H26F3O3S+. The minimum absolute atomic E-state index is 0.242. The smallest absolute Gasteiger partial charge is 0.416 e. The van der Waals surface area contributed by atoms with Gasteiger partial charge in [-0.3, -0.25) is 0 Å². The monoisotopic (exact) mass is 487 g/mol. The Kier molecular flexibility index (Phi) is 6.94. The van der Waals surface area contributed by atoms with Crippen LogP contribution in [0.4, 0.5) is 13.2 Å². The van der Waals surface area contributed by atoms with Crippen LogP contribution in [-0.4, -0.2) is 24.1 Å². The molecule has 0 bridgehead atoms. The van der Waals surface area contributed by atoms with Crippen LogP contribution in [0.5, 0.6) is 5.75 Å². The summed E-state index contributed by atoms with van der Waals surface area (Å²) in [6.45, 7) is 4.94. The summed E-state index contributed by atoms with van der Waals surface area (Å²) in [7, 11) is 0.242. The highest BCUT2D eigenvalue weighted by Gasteiger charge is 2.33. The van der Waals surface area contributed by atoms with E-state index >= 15 is 0 Å². The third-order valence-electron chi connectivity index (χ3n) is 6.03. The first kappa shape index (κ1) is 24.2. The number of ether oxygens (including phenoxy) is 2. The van der Waals surface area contributed by atoms with E-state index in [0.29, 0.717) is 11.3 Å². The number of rotatable bonds is 7. The van der Waals surface area contributed by atoms with Crippen LogP contribution in [0.2, 0.25) is 0 Å². The van der Waals surface area contributed by atoms with Crippen LogP contribution >= 0.6 is 0 Å². The lowest BCUT2D eigenvalue weighted by Crippen LogP contribution is -2.29. The fraction of sp³-hybridized carbons (Fsp3) is 0.296. The Morgan fingerprint density at radius 3 is 2.21 bits per heavy atom. The molecule has 0 radical (unpaired) electrons. The molecule has 1 unspecified atom stereocenters.